The fraction of sp³-hybridized carbons (Fsp3) is 0.391. The first-order valence-corrected chi connectivity index (χ1v) is 10.4. The van der Waals surface area contributed by atoms with Crippen LogP contribution in [0, 0.1) is 0 Å². The smallest absolute Gasteiger partial charge is 0.243 e. The second-order valence-corrected chi connectivity index (χ2v) is 7.80. The Kier molecular flexibility index (Phi) is 7.67. The van der Waals surface area contributed by atoms with Crippen LogP contribution in [0.15, 0.2) is 54.6 Å². The predicted octanol–water partition coefficient (Wildman–Crippen LogP) is 3.60. The molecule has 1 fully saturated rings. The van der Waals surface area contributed by atoms with Crippen LogP contribution in [0.5, 0.6) is 0 Å². The maximum absolute atomic E-state index is 13.1. The zero-order chi connectivity index (χ0) is 20.6. The molecule has 5 nitrogen and oxygen atoms in total. The molecule has 154 valence electrons. The number of hydrogen-bond donors (Lipinski definition) is 1. The molecule has 2 atom stereocenters. The van der Waals surface area contributed by atoms with E-state index in [4.69, 9.17) is 16.3 Å². The fourth-order valence-corrected chi connectivity index (χ4v) is 3.67. The molecule has 0 aromatic heterocycles. The number of amides is 2. The van der Waals surface area contributed by atoms with Crippen LogP contribution in [0.3, 0.4) is 0 Å². The first-order chi connectivity index (χ1) is 14.0. The summed E-state index contributed by atoms with van der Waals surface area (Å²) in [5.41, 5.74) is 1.93. The van der Waals surface area contributed by atoms with Crippen LogP contribution in [-0.2, 0) is 27.3 Å². The SMILES string of the molecule is CC(=O)N(Cc1ccc(Cl)cc1)[C@H](Cc1ccccc1)C(=O)NC[C@@H]1CCCO1. The molecule has 1 aliphatic heterocycles. The standard InChI is InChI=1S/C23H27ClN2O3/c1-17(27)26(16-19-9-11-20(24)12-10-19)22(14-18-6-3-2-4-7-18)23(28)25-15-21-8-5-13-29-21/h2-4,6-7,9-12,21-22H,5,8,13-16H2,1H3,(H,25,28)/t21-,22+/m0/s1. The Balaban J connectivity index is 1.78. The van der Waals surface area contributed by atoms with Crippen molar-refractivity contribution in [3.8, 4) is 0 Å². The normalized spacial score (nSPS) is 17.0. The molecule has 1 N–H and O–H groups in total. The number of carbonyl (C=O) groups excluding carboxylic acids is 2. The summed E-state index contributed by atoms with van der Waals surface area (Å²) >= 11 is 5.98. The lowest BCUT2D eigenvalue weighted by Crippen LogP contribution is -2.51. The summed E-state index contributed by atoms with van der Waals surface area (Å²) in [6.45, 7) is 3.06. The van der Waals surface area contributed by atoms with Gasteiger partial charge in [0, 0.05) is 38.1 Å². The summed E-state index contributed by atoms with van der Waals surface area (Å²) in [5, 5.41) is 3.63. The molecular weight excluding hydrogens is 388 g/mol. The Bertz CT molecular complexity index is 805. The summed E-state index contributed by atoms with van der Waals surface area (Å²) < 4.78 is 5.61. The van der Waals surface area contributed by atoms with E-state index in [2.05, 4.69) is 5.32 Å². The molecule has 29 heavy (non-hydrogen) atoms. The summed E-state index contributed by atoms with van der Waals surface area (Å²) in [4.78, 5) is 27.2. The number of nitrogens with zero attached hydrogens (tertiary/aromatic N) is 1. The highest BCUT2D eigenvalue weighted by Gasteiger charge is 2.29. The van der Waals surface area contributed by atoms with Crippen molar-refractivity contribution in [2.75, 3.05) is 13.2 Å². The lowest BCUT2D eigenvalue weighted by Gasteiger charge is -2.31. The van der Waals surface area contributed by atoms with Gasteiger partial charge >= 0.3 is 0 Å². The Labute approximate surface area is 177 Å². The summed E-state index contributed by atoms with van der Waals surface area (Å²) in [5.74, 6) is -0.304. The molecule has 1 heterocycles. The summed E-state index contributed by atoms with van der Waals surface area (Å²) in [6.07, 6.45) is 2.47. The van der Waals surface area contributed by atoms with E-state index < -0.39 is 6.04 Å². The third kappa shape index (κ3) is 6.31. The van der Waals surface area contributed by atoms with Crippen LogP contribution >= 0.6 is 11.6 Å². The minimum absolute atomic E-state index is 0.0540. The maximum atomic E-state index is 13.1. The van der Waals surface area contributed by atoms with Crippen molar-refractivity contribution < 1.29 is 14.3 Å². The Morgan fingerprint density at radius 3 is 2.48 bits per heavy atom. The first kappa shape index (κ1) is 21.3. The number of nitrogens with one attached hydrogen (secondary N) is 1. The van der Waals surface area contributed by atoms with E-state index in [9.17, 15) is 9.59 Å². The fourth-order valence-electron chi connectivity index (χ4n) is 3.55. The lowest BCUT2D eigenvalue weighted by molar-refractivity contribution is -0.139. The van der Waals surface area contributed by atoms with Gasteiger partial charge in [-0.15, -0.1) is 0 Å². The van der Waals surface area contributed by atoms with Gasteiger partial charge in [-0.3, -0.25) is 9.59 Å². The monoisotopic (exact) mass is 414 g/mol. The van der Waals surface area contributed by atoms with E-state index in [1.807, 2.05) is 42.5 Å². The molecule has 0 aliphatic carbocycles. The van der Waals surface area contributed by atoms with Gasteiger partial charge in [0.1, 0.15) is 6.04 Å². The Morgan fingerprint density at radius 2 is 1.86 bits per heavy atom. The van der Waals surface area contributed by atoms with Crippen molar-refractivity contribution >= 4 is 23.4 Å². The molecule has 6 heteroatoms. The predicted molar refractivity (Wildman–Crippen MR) is 114 cm³/mol. The van der Waals surface area contributed by atoms with Gasteiger partial charge in [0.05, 0.1) is 6.10 Å². The minimum atomic E-state index is -0.605. The number of hydrogen-bond acceptors (Lipinski definition) is 3. The zero-order valence-electron chi connectivity index (χ0n) is 16.6. The van der Waals surface area contributed by atoms with Crippen molar-refractivity contribution in [2.24, 2.45) is 0 Å². The number of halogens is 1. The molecule has 0 bridgehead atoms. The van der Waals surface area contributed by atoms with Gasteiger partial charge in [0.2, 0.25) is 11.8 Å². The average molecular weight is 415 g/mol. The molecule has 0 spiro atoms. The van der Waals surface area contributed by atoms with Crippen molar-refractivity contribution in [1.82, 2.24) is 10.2 Å². The molecule has 0 saturated carbocycles. The zero-order valence-corrected chi connectivity index (χ0v) is 17.4. The largest absolute Gasteiger partial charge is 0.376 e. The lowest BCUT2D eigenvalue weighted by atomic mass is 10.0. The van der Waals surface area contributed by atoms with Crippen molar-refractivity contribution in [1.29, 1.82) is 0 Å². The minimum Gasteiger partial charge on any atom is -0.376 e. The molecule has 0 unspecified atom stereocenters. The highest BCUT2D eigenvalue weighted by atomic mass is 35.5. The summed E-state index contributed by atoms with van der Waals surface area (Å²) in [7, 11) is 0. The van der Waals surface area contributed by atoms with Crippen LogP contribution < -0.4 is 5.32 Å². The molecule has 1 saturated heterocycles. The van der Waals surface area contributed by atoms with Crippen molar-refractivity contribution in [2.45, 2.75) is 44.9 Å². The second-order valence-electron chi connectivity index (χ2n) is 7.36. The molecule has 3 rings (SSSR count). The highest BCUT2D eigenvalue weighted by Crippen LogP contribution is 2.17. The number of rotatable bonds is 8. The van der Waals surface area contributed by atoms with Crippen LogP contribution in [0.4, 0.5) is 0 Å². The Morgan fingerprint density at radius 1 is 1.14 bits per heavy atom. The average Bonchev–Trinajstić information content (AvgIpc) is 3.24. The van der Waals surface area contributed by atoms with E-state index >= 15 is 0 Å². The molecule has 1 aliphatic rings. The third-order valence-corrected chi connectivity index (χ3v) is 5.40. The molecule has 2 aromatic carbocycles. The van der Waals surface area contributed by atoms with Gasteiger partial charge in [0.15, 0.2) is 0 Å². The van der Waals surface area contributed by atoms with Crippen LogP contribution in [0.25, 0.3) is 0 Å². The van der Waals surface area contributed by atoms with Crippen molar-refractivity contribution in [3.63, 3.8) is 0 Å². The molecular formula is C23H27ClN2O3. The molecule has 2 amide bonds. The van der Waals surface area contributed by atoms with E-state index in [1.54, 1.807) is 17.0 Å². The van der Waals surface area contributed by atoms with Gasteiger partial charge in [-0.05, 0) is 36.1 Å². The van der Waals surface area contributed by atoms with E-state index in [0.29, 0.717) is 24.5 Å². The van der Waals surface area contributed by atoms with Crippen LogP contribution in [-0.4, -0.2) is 42.0 Å². The first-order valence-electron chi connectivity index (χ1n) is 9.98. The van der Waals surface area contributed by atoms with Crippen molar-refractivity contribution in [3.05, 3.63) is 70.7 Å². The number of carbonyl (C=O) groups is 2. The molecule has 2 aromatic rings. The Hall–Kier alpha value is -2.37. The summed E-state index contributed by atoms with van der Waals surface area (Å²) in [6, 6.07) is 16.5. The van der Waals surface area contributed by atoms with Crippen LogP contribution in [0.2, 0.25) is 5.02 Å². The van der Waals surface area contributed by atoms with Gasteiger partial charge in [-0.25, -0.2) is 0 Å². The third-order valence-electron chi connectivity index (χ3n) is 5.15. The van der Waals surface area contributed by atoms with E-state index in [-0.39, 0.29) is 17.9 Å². The molecule has 0 radical (unpaired) electrons. The van der Waals surface area contributed by atoms with Gasteiger partial charge in [-0.2, -0.15) is 0 Å². The van der Waals surface area contributed by atoms with Gasteiger partial charge in [-0.1, -0.05) is 54.1 Å². The second kappa shape index (κ2) is 10.4. The van der Waals surface area contributed by atoms with E-state index in [1.165, 1.54) is 6.92 Å². The highest BCUT2D eigenvalue weighted by molar-refractivity contribution is 6.30. The maximum Gasteiger partial charge on any atom is 0.243 e. The van der Waals surface area contributed by atoms with Gasteiger partial charge in [0.25, 0.3) is 0 Å². The quantitative estimate of drug-likeness (QED) is 0.718. The number of benzene rings is 2. The van der Waals surface area contributed by atoms with Gasteiger partial charge < -0.3 is 15.0 Å². The number of ether oxygens (including phenoxy) is 1. The van der Waals surface area contributed by atoms with Crippen LogP contribution in [0.1, 0.15) is 30.9 Å². The topological polar surface area (TPSA) is 58.6 Å². The van der Waals surface area contributed by atoms with E-state index in [0.717, 1.165) is 30.6 Å².